The van der Waals surface area contributed by atoms with Crippen molar-refractivity contribution in [3.05, 3.63) is 108 Å². The van der Waals surface area contributed by atoms with Gasteiger partial charge in [-0.1, -0.05) is 37.3 Å². The minimum atomic E-state index is -4.55. The first-order valence-corrected chi connectivity index (χ1v) is 13.5. The van der Waals surface area contributed by atoms with Crippen LogP contribution in [0.5, 0.6) is 11.5 Å². The van der Waals surface area contributed by atoms with Gasteiger partial charge in [-0.15, -0.1) is 0 Å². The summed E-state index contributed by atoms with van der Waals surface area (Å²) in [6, 6.07) is 20.4. The van der Waals surface area contributed by atoms with Gasteiger partial charge in [-0.3, -0.25) is 4.79 Å². The molecule has 0 unspecified atom stereocenters. The second-order valence-corrected chi connectivity index (χ2v) is 10.9. The lowest BCUT2D eigenvalue weighted by atomic mass is 10.0. The Hall–Kier alpha value is -4.18. The van der Waals surface area contributed by atoms with Crippen LogP contribution in [-0.4, -0.2) is 20.1 Å². The van der Waals surface area contributed by atoms with Crippen LogP contribution in [-0.2, 0) is 27.2 Å². The number of carbonyl (C=O) groups excluding carboxylic acids is 1. The Morgan fingerprint density at radius 3 is 2.28 bits per heavy atom. The van der Waals surface area contributed by atoms with Crippen molar-refractivity contribution in [2.45, 2.75) is 24.4 Å². The van der Waals surface area contributed by atoms with E-state index < -0.39 is 33.3 Å². The van der Waals surface area contributed by atoms with Crippen LogP contribution in [0.3, 0.4) is 0 Å². The molecular weight excluding hydrogens is 534 g/mol. The lowest BCUT2D eigenvalue weighted by Gasteiger charge is -2.15. The molecule has 0 heterocycles. The molecule has 0 atom stereocenters. The Bertz CT molecular complexity index is 1600. The number of carbonyl (C=O) groups is 1. The number of ether oxygens (including phenoxy) is 1. The van der Waals surface area contributed by atoms with Crippen LogP contribution in [0.15, 0.2) is 95.9 Å². The van der Waals surface area contributed by atoms with Crippen molar-refractivity contribution in [2.24, 2.45) is 0 Å². The van der Waals surface area contributed by atoms with E-state index in [0.717, 1.165) is 18.2 Å². The topological polar surface area (TPSA) is 72.5 Å². The minimum Gasteiger partial charge on any atom is -0.457 e. The zero-order valence-corrected chi connectivity index (χ0v) is 21.4. The fraction of sp³-hybridized carbons (Fsp3) is 0.138. The van der Waals surface area contributed by atoms with Gasteiger partial charge in [0.25, 0.3) is 0 Å². The number of anilines is 1. The van der Waals surface area contributed by atoms with E-state index in [-0.39, 0.29) is 34.1 Å². The van der Waals surface area contributed by atoms with E-state index in [1.807, 2.05) is 0 Å². The van der Waals surface area contributed by atoms with Crippen molar-refractivity contribution in [1.29, 1.82) is 0 Å². The van der Waals surface area contributed by atoms with Crippen LogP contribution in [0.2, 0.25) is 0 Å². The number of benzene rings is 4. The van der Waals surface area contributed by atoms with Gasteiger partial charge in [-0.05, 0) is 59.7 Å². The summed E-state index contributed by atoms with van der Waals surface area (Å²) in [7, 11) is -3.36. The summed E-state index contributed by atoms with van der Waals surface area (Å²) in [5, 5.41) is 2.71. The SMILES string of the molecule is CCS(=O)(=O)c1ccc(CC(=O)Nc2ccc(-c3cccc(C(F)(F)F)c3)c(Oc3cccc(F)c3)c2)cc1. The van der Waals surface area contributed by atoms with Crippen LogP contribution in [0.4, 0.5) is 23.2 Å². The molecule has 0 aliphatic rings. The van der Waals surface area contributed by atoms with E-state index >= 15 is 0 Å². The summed E-state index contributed by atoms with van der Waals surface area (Å²) >= 11 is 0. The number of alkyl halides is 3. The quantitative estimate of drug-likeness (QED) is 0.231. The standard InChI is InChI=1S/C29H23F4NO4S/c1-2-39(36,37)25-12-9-19(10-13-25)15-28(35)34-23-11-14-26(20-5-3-6-21(16-20)29(31,32)33)27(18-23)38-24-8-4-7-22(30)17-24/h3-14,16-18H,2,15H2,1H3,(H,34,35). The third kappa shape index (κ3) is 7.02. The molecule has 0 aromatic heterocycles. The highest BCUT2D eigenvalue weighted by atomic mass is 32.2. The molecule has 202 valence electrons. The number of sulfone groups is 1. The van der Waals surface area contributed by atoms with Crippen LogP contribution in [0.1, 0.15) is 18.1 Å². The smallest absolute Gasteiger partial charge is 0.416 e. The average Bonchev–Trinajstić information content (AvgIpc) is 2.89. The first-order valence-electron chi connectivity index (χ1n) is 11.8. The molecule has 4 aromatic carbocycles. The number of halogens is 4. The molecule has 4 rings (SSSR count). The van der Waals surface area contributed by atoms with E-state index in [0.29, 0.717) is 16.8 Å². The van der Waals surface area contributed by atoms with Crippen LogP contribution >= 0.6 is 0 Å². The molecule has 10 heteroatoms. The van der Waals surface area contributed by atoms with E-state index in [9.17, 15) is 30.8 Å². The average molecular weight is 558 g/mol. The first-order chi connectivity index (χ1) is 18.4. The van der Waals surface area contributed by atoms with Gasteiger partial charge in [-0.25, -0.2) is 12.8 Å². The number of rotatable bonds is 8. The largest absolute Gasteiger partial charge is 0.457 e. The lowest BCUT2D eigenvalue weighted by Crippen LogP contribution is -2.14. The fourth-order valence-corrected chi connectivity index (χ4v) is 4.70. The monoisotopic (exact) mass is 557 g/mol. The number of hydrogen-bond donors (Lipinski definition) is 1. The zero-order chi connectivity index (χ0) is 28.2. The molecule has 0 saturated carbocycles. The summed E-state index contributed by atoms with van der Waals surface area (Å²) < 4.78 is 83.5. The highest BCUT2D eigenvalue weighted by Crippen LogP contribution is 2.38. The van der Waals surface area contributed by atoms with Gasteiger partial charge >= 0.3 is 6.18 Å². The molecule has 0 radical (unpaired) electrons. The van der Waals surface area contributed by atoms with Crippen molar-refractivity contribution >= 4 is 21.4 Å². The third-order valence-electron chi connectivity index (χ3n) is 5.82. The maximum absolute atomic E-state index is 13.8. The normalized spacial score (nSPS) is 11.7. The molecule has 5 nitrogen and oxygen atoms in total. The van der Waals surface area contributed by atoms with Crippen molar-refractivity contribution in [2.75, 3.05) is 11.1 Å². The van der Waals surface area contributed by atoms with Crippen LogP contribution in [0, 0.1) is 5.82 Å². The van der Waals surface area contributed by atoms with Crippen molar-refractivity contribution < 1.29 is 35.5 Å². The van der Waals surface area contributed by atoms with Gasteiger partial charge in [0.2, 0.25) is 5.91 Å². The maximum atomic E-state index is 13.8. The van der Waals surface area contributed by atoms with E-state index in [1.54, 1.807) is 19.1 Å². The maximum Gasteiger partial charge on any atom is 0.416 e. The highest BCUT2D eigenvalue weighted by molar-refractivity contribution is 7.91. The minimum absolute atomic E-state index is 0.0383. The van der Waals surface area contributed by atoms with Gasteiger partial charge in [0, 0.05) is 23.4 Å². The van der Waals surface area contributed by atoms with Gasteiger partial charge in [0.15, 0.2) is 9.84 Å². The van der Waals surface area contributed by atoms with Crippen LogP contribution < -0.4 is 10.1 Å². The van der Waals surface area contributed by atoms with Crippen molar-refractivity contribution in [1.82, 2.24) is 0 Å². The second-order valence-electron chi connectivity index (χ2n) is 8.62. The molecule has 1 amide bonds. The molecule has 0 fully saturated rings. The number of hydrogen-bond acceptors (Lipinski definition) is 4. The first kappa shape index (κ1) is 27.8. The van der Waals surface area contributed by atoms with Crippen molar-refractivity contribution in [3.8, 4) is 22.6 Å². The highest BCUT2D eigenvalue weighted by Gasteiger charge is 2.30. The summed E-state index contributed by atoms with van der Waals surface area (Å²) in [6.07, 6.45) is -4.60. The predicted octanol–water partition coefficient (Wildman–Crippen LogP) is 7.28. The Balaban J connectivity index is 1.61. The molecule has 0 aliphatic carbocycles. The van der Waals surface area contributed by atoms with Gasteiger partial charge < -0.3 is 10.1 Å². The fourth-order valence-electron chi connectivity index (χ4n) is 3.82. The molecule has 1 N–H and O–H groups in total. The van der Waals surface area contributed by atoms with Gasteiger partial charge in [0.1, 0.15) is 17.3 Å². The molecule has 0 spiro atoms. The second kappa shape index (κ2) is 11.3. The molecule has 0 bridgehead atoms. The van der Waals surface area contributed by atoms with Gasteiger partial charge in [0.05, 0.1) is 22.6 Å². The third-order valence-corrected chi connectivity index (χ3v) is 7.57. The van der Waals surface area contributed by atoms with E-state index in [4.69, 9.17) is 4.74 Å². The Kier molecular flexibility index (Phi) is 8.06. The van der Waals surface area contributed by atoms with Gasteiger partial charge in [-0.2, -0.15) is 13.2 Å². The molecule has 4 aromatic rings. The predicted molar refractivity (Wildman–Crippen MR) is 140 cm³/mol. The van der Waals surface area contributed by atoms with E-state index in [2.05, 4.69) is 5.32 Å². The lowest BCUT2D eigenvalue weighted by molar-refractivity contribution is -0.137. The van der Waals surface area contributed by atoms with Crippen LogP contribution in [0.25, 0.3) is 11.1 Å². The summed E-state index contributed by atoms with van der Waals surface area (Å²) in [6.45, 7) is 1.54. The summed E-state index contributed by atoms with van der Waals surface area (Å²) in [5.41, 5.74) is 0.561. The summed E-state index contributed by atoms with van der Waals surface area (Å²) in [5.74, 6) is -0.788. The van der Waals surface area contributed by atoms with Crippen molar-refractivity contribution in [3.63, 3.8) is 0 Å². The van der Waals surface area contributed by atoms with E-state index in [1.165, 1.54) is 60.7 Å². The Labute approximate surface area is 223 Å². The number of amides is 1. The molecule has 39 heavy (non-hydrogen) atoms. The number of nitrogens with one attached hydrogen (secondary N) is 1. The summed E-state index contributed by atoms with van der Waals surface area (Å²) in [4.78, 5) is 12.9. The molecule has 0 aliphatic heterocycles. The Morgan fingerprint density at radius 1 is 0.897 bits per heavy atom. The molecular formula is C29H23F4NO4S. The Morgan fingerprint density at radius 2 is 1.62 bits per heavy atom. The zero-order valence-electron chi connectivity index (χ0n) is 20.6. The molecule has 0 saturated heterocycles.